The lowest BCUT2D eigenvalue weighted by Gasteiger charge is -2.46. The molecule has 0 radical (unpaired) electrons. The normalized spacial score (nSPS) is 28.5. The number of β-lactam (4-membered cyclic amide) rings is 1. The zero-order valence-electron chi connectivity index (χ0n) is 8.01. The highest BCUT2D eigenvalue weighted by atomic mass is 32.2. The SMILES string of the molecule is CS[C@@H]1[C@@H]([C@H](C)O)C(=O)N1CC(=O)O. The number of carbonyl (C=O) groups excluding carboxylic acids is 1. The minimum Gasteiger partial charge on any atom is -0.480 e. The molecule has 0 saturated carbocycles. The van der Waals surface area contributed by atoms with Crippen molar-refractivity contribution in [3.05, 3.63) is 0 Å². The van der Waals surface area contributed by atoms with Crippen molar-refractivity contribution in [2.75, 3.05) is 12.8 Å². The summed E-state index contributed by atoms with van der Waals surface area (Å²) in [4.78, 5) is 23.1. The fraction of sp³-hybridized carbons (Fsp3) is 0.750. The number of thioether (sulfide) groups is 1. The highest BCUT2D eigenvalue weighted by Gasteiger charge is 2.49. The minimum absolute atomic E-state index is 0.210. The molecular weight excluding hydrogens is 206 g/mol. The molecule has 0 spiro atoms. The fourth-order valence-electron chi connectivity index (χ4n) is 1.58. The summed E-state index contributed by atoms with van der Waals surface area (Å²) in [6, 6.07) is 0. The van der Waals surface area contributed by atoms with Crippen LogP contribution in [0.2, 0.25) is 0 Å². The highest BCUT2D eigenvalue weighted by Crippen LogP contribution is 2.35. The molecule has 1 heterocycles. The smallest absolute Gasteiger partial charge is 0.323 e. The molecule has 1 aliphatic rings. The summed E-state index contributed by atoms with van der Waals surface area (Å²) in [6.45, 7) is 1.26. The number of aliphatic hydroxyl groups excluding tert-OH is 1. The topological polar surface area (TPSA) is 77.8 Å². The molecule has 0 unspecified atom stereocenters. The number of hydrogen-bond acceptors (Lipinski definition) is 4. The largest absolute Gasteiger partial charge is 0.480 e. The van der Waals surface area contributed by atoms with Crippen LogP contribution in [-0.4, -0.2) is 51.3 Å². The van der Waals surface area contributed by atoms with E-state index in [4.69, 9.17) is 5.11 Å². The number of amides is 1. The molecule has 6 heteroatoms. The Morgan fingerprint density at radius 1 is 1.71 bits per heavy atom. The van der Waals surface area contributed by atoms with Crippen molar-refractivity contribution in [1.82, 2.24) is 4.90 Å². The summed E-state index contributed by atoms with van der Waals surface area (Å²) in [7, 11) is 0. The second-order valence-corrected chi connectivity index (χ2v) is 4.21. The number of nitrogens with zero attached hydrogens (tertiary/aromatic N) is 1. The summed E-state index contributed by atoms with van der Waals surface area (Å²) in [5.74, 6) is -1.76. The first-order valence-corrected chi connectivity index (χ1v) is 5.51. The molecule has 1 amide bonds. The van der Waals surface area contributed by atoms with E-state index in [0.29, 0.717) is 0 Å². The first-order chi connectivity index (χ1) is 6.49. The Bertz CT molecular complexity index is 256. The summed E-state index contributed by atoms with van der Waals surface area (Å²) in [5, 5.41) is 17.6. The summed E-state index contributed by atoms with van der Waals surface area (Å²) >= 11 is 1.38. The van der Waals surface area contributed by atoms with Gasteiger partial charge in [0.1, 0.15) is 6.54 Å². The van der Waals surface area contributed by atoms with Gasteiger partial charge in [-0.1, -0.05) is 0 Å². The maximum Gasteiger partial charge on any atom is 0.323 e. The number of aliphatic hydroxyl groups is 1. The Morgan fingerprint density at radius 2 is 2.29 bits per heavy atom. The lowest BCUT2D eigenvalue weighted by atomic mass is 9.93. The molecule has 5 nitrogen and oxygen atoms in total. The van der Waals surface area contributed by atoms with Gasteiger partial charge in [0.05, 0.1) is 17.4 Å². The molecule has 1 aliphatic heterocycles. The van der Waals surface area contributed by atoms with Crippen LogP contribution in [0.4, 0.5) is 0 Å². The standard InChI is InChI=1S/C8H13NO4S/c1-4(10)6-7(13)9(3-5(11)12)8(6)14-2/h4,6,8,10H,3H2,1-2H3,(H,11,12)/t4-,6-,8+/m0/s1. The number of hydrogen-bond donors (Lipinski definition) is 2. The van der Waals surface area contributed by atoms with Crippen LogP contribution in [0.15, 0.2) is 0 Å². The van der Waals surface area contributed by atoms with E-state index in [-0.39, 0.29) is 17.8 Å². The molecule has 1 rings (SSSR count). The second-order valence-electron chi connectivity index (χ2n) is 3.25. The third kappa shape index (κ3) is 1.85. The van der Waals surface area contributed by atoms with Crippen LogP contribution in [-0.2, 0) is 9.59 Å². The molecule has 2 N–H and O–H groups in total. The zero-order chi connectivity index (χ0) is 10.9. The van der Waals surface area contributed by atoms with E-state index in [9.17, 15) is 14.7 Å². The van der Waals surface area contributed by atoms with Crippen molar-refractivity contribution < 1.29 is 19.8 Å². The predicted molar refractivity (Wildman–Crippen MR) is 51.8 cm³/mol. The molecule has 80 valence electrons. The Labute approximate surface area is 86.1 Å². The molecule has 0 aromatic carbocycles. The second kappa shape index (κ2) is 4.18. The lowest BCUT2D eigenvalue weighted by Crippen LogP contribution is -2.63. The van der Waals surface area contributed by atoms with Crippen LogP contribution in [0.1, 0.15) is 6.92 Å². The van der Waals surface area contributed by atoms with Gasteiger partial charge in [-0.3, -0.25) is 9.59 Å². The number of carboxylic acid groups (broad SMARTS) is 1. The van der Waals surface area contributed by atoms with Crippen molar-refractivity contribution in [1.29, 1.82) is 0 Å². The Hall–Kier alpha value is -0.750. The van der Waals surface area contributed by atoms with E-state index in [2.05, 4.69) is 0 Å². The van der Waals surface area contributed by atoms with Gasteiger partial charge in [-0.05, 0) is 13.2 Å². The lowest BCUT2D eigenvalue weighted by molar-refractivity contribution is -0.162. The van der Waals surface area contributed by atoms with E-state index in [1.165, 1.54) is 16.7 Å². The van der Waals surface area contributed by atoms with Crippen molar-refractivity contribution in [3.63, 3.8) is 0 Å². The van der Waals surface area contributed by atoms with Crippen molar-refractivity contribution in [3.8, 4) is 0 Å². The predicted octanol–water partition coefficient (Wildman–Crippen LogP) is -0.401. The molecule has 0 aromatic heterocycles. The van der Waals surface area contributed by atoms with Crippen LogP contribution in [0.25, 0.3) is 0 Å². The molecule has 0 aromatic rings. The molecule has 1 fully saturated rings. The Balaban J connectivity index is 2.64. The van der Waals surface area contributed by atoms with Gasteiger partial charge >= 0.3 is 5.97 Å². The van der Waals surface area contributed by atoms with Gasteiger partial charge in [0.2, 0.25) is 5.91 Å². The number of rotatable bonds is 4. The Kier molecular flexibility index (Phi) is 3.38. The van der Waals surface area contributed by atoms with E-state index in [1.807, 2.05) is 0 Å². The first-order valence-electron chi connectivity index (χ1n) is 4.22. The van der Waals surface area contributed by atoms with Gasteiger partial charge in [0.15, 0.2) is 0 Å². The van der Waals surface area contributed by atoms with E-state index in [0.717, 1.165) is 0 Å². The fourth-order valence-corrected chi connectivity index (χ4v) is 2.65. The molecule has 14 heavy (non-hydrogen) atoms. The Morgan fingerprint density at radius 3 is 2.64 bits per heavy atom. The number of carbonyl (C=O) groups is 2. The maximum absolute atomic E-state index is 11.4. The summed E-state index contributed by atoms with van der Waals surface area (Å²) in [5.41, 5.74) is 0. The minimum atomic E-state index is -1.03. The van der Waals surface area contributed by atoms with Gasteiger partial charge in [0.25, 0.3) is 0 Å². The first kappa shape index (κ1) is 11.3. The van der Waals surface area contributed by atoms with Crippen LogP contribution >= 0.6 is 11.8 Å². The number of likely N-dealkylation sites (tertiary alicyclic amines) is 1. The molecule has 3 atom stereocenters. The average molecular weight is 219 g/mol. The van der Waals surface area contributed by atoms with E-state index in [1.54, 1.807) is 13.2 Å². The summed E-state index contributed by atoms with van der Waals surface area (Å²) < 4.78 is 0. The average Bonchev–Trinajstić information content (AvgIpc) is 2.08. The van der Waals surface area contributed by atoms with Crippen LogP contribution in [0.3, 0.4) is 0 Å². The van der Waals surface area contributed by atoms with Gasteiger partial charge in [-0.15, -0.1) is 11.8 Å². The maximum atomic E-state index is 11.4. The van der Waals surface area contributed by atoms with Crippen molar-refractivity contribution >= 4 is 23.6 Å². The van der Waals surface area contributed by atoms with Crippen LogP contribution < -0.4 is 0 Å². The van der Waals surface area contributed by atoms with Crippen LogP contribution in [0.5, 0.6) is 0 Å². The van der Waals surface area contributed by atoms with Gasteiger partial charge in [-0.25, -0.2) is 0 Å². The molecule has 0 aliphatic carbocycles. The van der Waals surface area contributed by atoms with Gasteiger partial charge in [-0.2, -0.15) is 0 Å². The monoisotopic (exact) mass is 219 g/mol. The van der Waals surface area contributed by atoms with E-state index >= 15 is 0 Å². The van der Waals surface area contributed by atoms with Gasteiger partial charge < -0.3 is 15.1 Å². The van der Waals surface area contributed by atoms with Crippen LogP contribution in [0, 0.1) is 5.92 Å². The third-order valence-corrected chi connectivity index (χ3v) is 3.28. The van der Waals surface area contributed by atoms with Crippen molar-refractivity contribution in [2.45, 2.75) is 18.4 Å². The molecule has 0 bridgehead atoms. The number of aliphatic carboxylic acids is 1. The van der Waals surface area contributed by atoms with Gasteiger partial charge in [0, 0.05) is 0 Å². The summed E-state index contributed by atoms with van der Waals surface area (Å²) in [6.07, 6.45) is 1.08. The van der Waals surface area contributed by atoms with Crippen molar-refractivity contribution in [2.24, 2.45) is 5.92 Å². The molecular formula is C8H13NO4S. The van der Waals surface area contributed by atoms with E-state index < -0.39 is 18.0 Å². The third-order valence-electron chi connectivity index (χ3n) is 2.25. The quantitative estimate of drug-likeness (QED) is 0.629. The molecule has 1 saturated heterocycles. The zero-order valence-corrected chi connectivity index (χ0v) is 8.82. The number of carboxylic acids is 1. The highest BCUT2D eigenvalue weighted by molar-refractivity contribution is 7.99.